The molecule has 0 aromatic heterocycles. The first-order valence-corrected chi connectivity index (χ1v) is 11.2. The van der Waals surface area contributed by atoms with E-state index in [0.29, 0.717) is 0 Å². The van der Waals surface area contributed by atoms with Crippen molar-refractivity contribution in [3.05, 3.63) is 84.9 Å². The van der Waals surface area contributed by atoms with Crippen LogP contribution in [0.1, 0.15) is 19.8 Å². The van der Waals surface area contributed by atoms with Crippen LogP contribution in [0.15, 0.2) is 84.9 Å². The van der Waals surface area contributed by atoms with Crippen molar-refractivity contribution in [1.29, 1.82) is 0 Å². The summed E-state index contributed by atoms with van der Waals surface area (Å²) in [6.45, 7) is 3.38. The number of hydrogen-bond donors (Lipinski definition) is 2. The number of benzene rings is 3. The van der Waals surface area contributed by atoms with Crippen molar-refractivity contribution in [2.45, 2.75) is 25.8 Å². The maximum Gasteiger partial charge on any atom is 0.241 e. The number of likely N-dealkylation sites (tertiary alicyclic amines) is 1. The van der Waals surface area contributed by atoms with Crippen molar-refractivity contribution >= 4 is 23.2 Å². The number of piperidine rings is 1. The lowest BCUT2D eigenvalue weighted by Crippen LogP contribution is -2.47. The predicted octanol–water partition coefficient (Wildman–Crippen LogP) is 5.03. The molecule has 32 heavy (non-hydrogen) atoms. The Balaban J connectivity index is 1.33. The largest absolute Gasteiger partial charge is 0.326 e. The van der Waals surface area contributed by atoms with E-state index in [1.807, 2.05) is 91.9 Å². The number of carbonyl (C=O) groups is 2. The van der Waals surface area contributed by atoms with Crippen LogP contribution < -0.4 is 10.6 Å². The Labute approximate surface area is 189 Å². The Morgan fingerprint density at radius 1 is 0.812 bits per heavy atom. The number of rotatable bonds is 6. The molecule has 2 amide bonds. The van der Waals surface area contributed by atoms with Gasteiger partial charge in [0.2, 0.25) is 11.8 Å². The fourth-order valence-electron chi connectivity index (χ4n) is 4.18. The zero-order valence-electron chi connectivity index (χ0n) is 18.3. The van der Waals surface area contributed by atoms with Crippen LogP contribution >= 0.6 is 0 Å². The summed E-state index contributed by atoms with van der Waals surface area (Å²) in [5.41, 5.74) is 3.71. The van der Waals surface area contributed by atoms with Gasteiger partial charge in [0.05, 0.1) is 6.04 Å². The molecule has 1 fully saturated rings. The van der Waals surface area contributed by atoms with Crippen molar-refractivity contribution in [1.82, 2.24) is 4.90 Å². The van der Waals surface area contributed by atoms with E-state index in [1.165, 1.54) is 0 Å². The van der Waals surface area contributed by atoms with Gasteiger partial charge in [-0.2, -0.15) is 0 Å². The summed E-state index contributed by atoms with van der Waals surface area (Å²) in [7, 11) is 0. The molecule has 1 saturated heterocycles. The normalized spacial score (nSPS) is 15.7. The molecule has 0 bridgehead atoms. The Bertz CT molecular complexity index is 1040. The molecule has 0 aliphatic carbocycles. The number of para-hydroxylation sites is 2. The Morgan fingerprint density at radius 3 is 2.09 bits per heavy atom. The highest BCUT2D eigenvalue weighted by Crippen LogP contribution is 2.28. The molecule has 4 rings (SSSR count). The third kappa shape index (κ3) is 5.24. The van der Waals surface area contributed by atoms with Crippen molar-refractivity contribution in [3.63, 3.8) is 0 Å². The van der Waals surface area contributed by atoms with Gasteiger partial charge in [-0.1, -0.05) is 66.7 Å². The van der Waals surface area contributed by atoms with E-state index in [9.17, 15) is 9.59 Å². The molecule has 1 unspecified atom stereocenters. The van der Waals surface area contributed by atoms with Gasteiger partial charge in [0, 0.05) is 22.9 Å². The van der Waals surface area contributed by atoms with Gasteiger partial charge < -0.3 is 10.6 Å². The average molecular weight is 428 g/mol. The van der Waals surface area contributed by atoms with Crippen LogP contribution in [-0.2, 0) is 9.59 Å². The number of nitrogens with zero attached hydrogens (tertiary/aromatic N) is 1. The molecular formula is C27H29N3O2. The lowest BCUT2D eigenvalue weighted by Gasteiger charge is -2.34. The zero-order valence-corrected chi connectivity index (χ0v) is 18.3. The van der Waals surface area contributed by atoms with Gasteiger partial charge in [0.1, 0.15) is 0 Å². The third-order valence-electron chi connectivity index (χ3n) is 6.14. The molecule has 3 aromatic carbocycles. The first kappa shape index (κ1) is 21.8. The Kier molecular flexibility index (Phi) is 6.97. The van der Waals surface area contributed by atoms with Crippen LogP contribution in [0.25, 0.3) is 11.1 Å². The molecule has 5 heteroatoms. The maximum absolute atomic E-state index is 13.0. The topological polar surface area (TPSA) is 61.4 Å². The Morgan fingerprint density at radius 2 is 1.41 bits per heavy atom. The van der Waals surface area contributed by atoms with Crippen molar-refractivity contribution in [2.75, 3.05) is 23.7 Å². The summed E-state index contributed by atoms with van der Waals surface area (Å²) in [6, 6.07) is 27.2. The van der Waals surface area contributed by atoms with E-state index in [-0.39, 0.29) is 23.8 Å². The highest BCUT2D eigenvalue weighted by Gasteiger charge is 2.30. The van der Waals surface area contributed by atoms with Gasteiger partial charge in [0.15, 0.2) is 0 Å². The molecule has 3 aromatic rings. The smallest absolute Gasteiger partial charge is 0.241 e. The van der Waals surface area contributed by atoms with Crippen LogP contribution in [0, 0.1) is 5.92 Å². The fourth-order valence-corrected chi connectivity index (χ4v) is 4.18. The van der Waals surface area contributed by atoms with Crippen LogP contribution in [0.3, 0.4) is 0 Å². The second kappa shape index (κ2) is 10.2. The number of nitrogens with one attached hydrogen (secondary N) is 2. The first-order chi connectivity index (χ1) is 15.6. The molecule has 1 atom stereocenters. The van der Waals surface area contributed by atoms with Crippen molar-refractivity contribution in [2.24, 2.45) is 5.92 Å². The molecule has 164 valence electrons. The molecular weight excluding hydrogens is 398 g/mol. The Hall–Kier alpha value is -3.44. The molecule has 5 nitrogen and oxygen atoms in total. The lowest BCUT2D eigenvalue weighted by molar-refractivity contribution is -0.123. The molecule has 2 N–H and O–H groups in total. The number of hydrogen-bond acceptors (Lipinski definition) is 3. The van der Waals surface area contributed by atoms with Crippen molar-refractivity contribution in [3.8, 4) is 11.1 Å². The van der Waals surface area contributed by atoms with E-state index in [0.717, 1.165) is 48.4 Å². The number of carbonyl (C=O) groups excluding carboxylic acids is 2. The summed E-state index contributed by atoms with van der Waals surface area (Å²) in [5.74, 6) is 0.00540. The van der Waals surface area contributed by atoms with Gasteiger partial charge in [-0.15, -0.1) is 0 Å². The molecule has 0 spiro atoms. The summed E-state index contributed by atoms with van der Waals surface area (Å²) < 4.78 is 0. The molecule has 0 saturated carbocycles. The molecule has 1 heterocycles. The SMILES string of the molecule is CC(C(=O)Nc1ccccc1-c1ccccc1)N1CCC(C(=O)Nc2ccccc2)CC1. The zero-order chi connectivity index (χ0) is 22.3. The second-order valence-electron chi connectivity index (χ2n) is 8.24. The standard InChI is InChI=1S/C27H29N3O2/c1-20(26(31)29-25-15-9-8-14-24(25)21-10-4-2-5-11-21)30-18-16-22(17-19-30)27(32)28-23-12-6-3-7-13-23/h2-15,20,22H,16-19H2,1H3,(H,28,32)(H,29,31). The summed E-state index contributed by atoms with van der Waals surface area (Å²) >= 11 is 0. The minimum Gasteiger partial charge on any atom is -0.326 e. The van der Waals surface area contributed by atoms with Gasteiger partial charge in [-0.05, 0) is 56.6 Å². The second-order valence-corrected chi connectivity index (χ2v) is 8.24. The number of amides is 2. The quantitative estimate of drug-likeness (QED) is 0.580. The van der Waals surface area contributed by atoms with Gasteiger partial charge in [-0.3, -0.25) is 14.5 Å². The van der Waals surface area contributed by atoms with Crippen LogP contribution in [0.5, 0.6) is 0 Å². The van der Waals surface area contributed by atoms with Gasteiger partial charge in [0.25, 0.3) is 0 Å². The van der Waals surface area contributed by atoms with Crippen molar-refractivity contribution < 1.29 is 9.59 Å². The lowest BCUT2D eigenvalue weighted by atomic mass is 9.94. The minimum absolute atomic E-state index is 0.0273. The van der Waals surface area contributed by atoms with E-state index < -0.39 is 0 Å². The van der Waals surface area contributed by atoms with Crippen LogP contribution in [0.4, 0.5) is 11.4 Å². The molecule has 0 radical (unpaired) electrons. The van der Waals surface area contributed by atoms with E-state index in [4.69, 9.17) is 0 Å². The van der Waals surface area contributed by atoms with Gasteiger partial charge in [-0.25, -0.2) is 0 Å². The first-order valence-electron chi connectivity index (χ1n) is 11.2. The molecule has 1 aliphatic rings. The van der Waals surface area contributed by atoms with Crippen LogP contribution in [-0.4, -0.2) is 35.8 Å². The highest BCUT2D eigenvalue weighted by atomic mass is 16.2. The van der Waals surface area contributed by atoms with E-state index in [2.05, 4.69) is 15.5 Å². The van der Waals surface area contributed by atoms with E-state index >= 15 is 0 Å². The third-order valence-corrected chi connectivity index (χ3v) is 6.14. The summed E-state index contributed by atoms with van der Waals surface area (Å²) in [6.07, 6.45) is 1.49. The summed E-state index contributed by atoms with van der Waals surface area (Å²) in [4.78, 5) is 27.8. The predicted molar refractivity (Wildman–Crippen MR) is 129 cm³/mol. The van der Waals surface area contributed by atoms with Gasteiger partial charge >= 0.3 is 0 Å². The monoisotopic (exact) mass is 427 g/mol. The molecule has 1 aliphatic heterocycles. The van der Waals surface area contributed by atoms with Crippen LogP contribution in [0.2, 0.25) is 0 Å². The summed E-state index contributed by atoms with van der Waals surface area (Å²) in [5, 5.41) is 6.11. The minimum atomic E-state index is -0.267. The van der Waals surface area contributed by atoms with E-state index in [1.54, 1.807) is 0 Å². The number of anilines is 2. The average Bonchev–Trinajstić information content (AvgIpc) is 2.85. The fraction of sp³-hybridized carbons (Fsp3) is 0.259. The maximum atomic E-state index is 13.0. The highest BCUT2D eigenvalue weighted by molar-refractivity contribution is 5.98.